The van der Waals surface area contributed by atoms with Gasteiger partial charge >= 0.3 is 12.1 Å². The van der Waals surface area contributed by atoms with E-state index < -0.39 is 11.6 Å². The van der Waals surface area contributed by atoms with E-state index in [1.807, 2.05) is 20.8 Å². The lowest BCUT2D eigenvalue weighted by Crippen LogP contribution is -2.50. The lowest BCUT2D eigenvalue weighted by atomic mass is 9.89. The van der Waals surface area contributed by atoms with Gasteiger partial charge in [-0.1, -0.05) is 0 Å². The molecule has 1 saturated carbocycles. The minimum atomic E-state index is -0.745. The number of piperidine rings is 1. The fourth-order valence-electron chi connectivity index (χ4n) is 2.62. The summed E-state index contributed by atoms with van der Waals surface area (Å²) < 4.78 is 5.39. The van der Waals surface area contributed by atoms with Crippen LogP contribution in [0.15, 0.2) is 0 Å². The smallest absolute Gasteiger partial charge is 0.410 e. The van der Waals surface area contributed by atoms with E-state index >= 15 is 0 Å². The number of hydrogen-bond acceptors (Lipinski definition) is 3. The predicted molar refractivity (Wildman–Crippen MR) is 65.3 cm³/mol. The Morgan fingerprint density at radius 3 is 2.39 bits per heavy atom. The van der Waals surface area contributed by atoms with E-state index in [-0.39, 0.29) is 17.6 Å². The maximum absolute atomic E-state index is 12.1. The molecule has 2 rings (SSSR count). The zero-order valence-electron chi connectivity index (χ0n) is 11.2. The van der Waals surface area contributed by atoms with Gasteiger partial charge in [0.15, 0.2) is 0 Å². The van der Waals surface area contributed by atoms with Crippen LogP contribution >= 0.6 is 0 Å². The van der Waals surface area contributed by atoms with Crippen molar-refractivity contribution in [1.29, 1.82) is 0 Å². The Kier molecular flexibility index (Phi) is 3.03. The van der Waals surface area contributed by atoms with E-state index in [2.05, 4.69) is 0 Å². The molecule has 5 heteroatoms. The summed E-state index contributed by atoms with van der Waals surface area (Å²) in [6, 6.07) is 0. The van der Waals surface area contributed by atoms with E-state index in [4.69, 9.17) is 9.84 Å². The minimum absolute atomic E-state index is 0.232. The number of likely N-dealkylation sites (tertiary alicyclic amines) is 1. The van der Waals surface area contributed by atoms with Crippen LogP contribution in [0.25, 0.3) is 0 Å². The third kappa shape index (κ3) is 2.60. The predicted octanol–water partition coefficient (Wildman–Crippen LogP) is 2.25. The van der Waals surface area contributed by atoms with Crippen molar-refractivity contribution in [3.8, 4) is 0 Å². The Labute approximate surface area is 107 Å². The van der Waals surface area contributed by atoms with Crippen LogP contribution < -0.4 is 0 Å². The monoisotopic (exact) mass is 255 g/mol. The van der Waals surface area contributed by atoms with Gasteiger partial charge in [-0.25, -0.2) is 4.79 Å². The van der Waals surface area contributed by atoms with Crippen LogP contribution in [0, 0.1) is 5.92 Å². The molecular weight excluding hydrogens is 234 g/mol. The lowest BCUT2D eigenvalue weighted by Gasteiger charge is -2.39. The van der Waals surface area contributed by atoms with Crippen molar-refractivity contribution < 1.29 is 19.4 Å². The van der Waals surface area contributed by atoms with Crippen LogP contribution in [-0.4, -0.2) is 39.8 Å². The molecule has 1 spiro atoms. The maximum Gasteiger partial charge on any atom is 0.410 e. The fourth-order valence-corrected chi connectivity index (χ4v) is 2.62. The molecule has 0 aromatic heterocycles. The number of rotatable bonds is 1. The Bertz CT molecular complexity index is 368. The first-order chi connectivity index (χ1) is 8.23. The summed E-state index contributed by atoms with van der Waals surface area (Å²) in [5.41, 5.74) is -0.736. The number of aliphatic carboxylic acids is 1. The summed E-state index contributed by atoms with van der Waals surface area (Å²) in [5, 5.41) is 9.07. The molecular formula is C13H21NO4. The lowest BCUT2D eigenvalue weighted by molar-refractivity contribution is -0.144. The number of amides is 1. The van der Waals surface area contributed by atoms with Crippen molar-refractivity contribution in [1.82, 2.24) is 4.90 Å². The van der Waals surface area contributed by atoms with Gasteiger partial charge in [0.1, 0.15) is 5.60 Å². The topological polar surface area (TPSA) is 66.8 Å². The summed E-state index contributed by atoms with van der Waals surface area (Å²) in [5.74, 6) is -1.06. The van der Waals surface area contributed by atoms with Crippen molar-refractivity contribution in [3.05, 3.63) is 0 Å². The first kappa shape index (κ1) is 13.2. The molecule has 0 aromatic carbocycles. The van der Waals surface area contributed by atoms with Gasteiger partial charge in [0.2, 0.25) is 0 Å². The molecule has 102 valence electrons. The summed E-state index contributed by atoms with van der Waals surface area (Å²) >= 11 is 0. The molecule has 0 bridgehead atoms. The van der Waals surface area contributed by atoms with Crippen molar-refractivity contribution >= 4 is 12.1 Å². The first-order valence-electron chi connectivity index (χ1n) is 6.47. The second kappa shape index (κ2) is 4.14. The molecule has 1 aliphatic carbocycles. The third-order valence-electron chi connectivity index (χ3n) is 3.69. The van der Waals surface area contributed by atoms with Gasteiger partial charge in [-0.2, -0.15) is 0 Å². The highest BCUT2D eigenvalue weighted by molar-refractivity contribution is 5.73. The number of carbonyl (C=O) groups excluding carboxylic acids is 1. The van der Waals surface area contributed by atoms with E-state index in [0.29, 0.717) is 19.4 Å². The number of carboxylic acid groups (broad SMARTS) is 1. The zero-order chi connectivity index (χ0) is 13.6. The molecule has 1 N–H and O–H groups in total. The Morgan fingerprint density at radius 2 is 1.94 bits per heavy atom. The molecule has 5 nitrogen and oxygen atoms in total. The summed E-state index contributed by atoms with van der Waals surface area (Å²) in [4.78, 5) is 24.9. The zero-order valence-corrected chi connectivity index (χ0v) is 11.2. The molecule has 1 unspecified atom stereocenters. The van der Waals surface area contributed by atoms with Crippen LogP contribution in [0.1, 0.15) is 46.5 Å². The van der Waals surface area contributed by atoms with Crippen LogP contribution in [0.5, 0.6) is 0 Å². The molecule has 1 aliphatic heterocycles. The van der Waals surface area contributed by atoms with Crippen molar-refractivity contribution in [2.45, 2.75) is 57.6 Å². The van der Waals surface area contributed by atoms with Gasteiger partial charge in [0, 0.05) is 12.1 Å². The van der Waals surface area contributed by atoms with Crippen molar-refractivity contribution in [2.75, 3.05) is 6.54 Å². The Balaban J connectivity index is 2.03. The molecule has 2 aliphatic rings. The highest BCUT2D eigenvalue weighted by atomic mass is 16.6. The second-order valence-corrected chi connectivity index (χ2v) is 6.38. The van der Waals surface area contributed by atoms with Gasteiger partial charge in [-0.05, 0) is 46.5 Å². The summed E-state index contributed by atoms with van der Waals surface area (Å²) in [6.07, 6.45) is 2.59. The number of carboxylic acids is 1. The fraction of sp³-hybridized carbons (Fsp3) is 0.846. The number of ether oxygens (including phenoxy) is 1. The molecule has 1 amide bonds. The standard InChI is InChI=1S/C13H21NO4/c1-12(2,3)18-11(17)14-7-4-9(10(15)16)8-13(14)5-6-13/h9H,4-8H2,1-3H3,(H,15,16). The SMILES string of the molecule is CC(C)(C)OC(=O)N1CCC(C(=O)O)CC12CC2. The van der Waals surface area contributed by atoms with Gasteiger partial charge in [0.25, 0.3) is 0 Å². The summed E-state index contributed by atoms with van der Waals surface area (Å²) in [6.45, 7) is 6.02. The van der Waals surface area contributed by atoms with E-state index in [9.17, 15) is 9.59 Å². The van der Waals surface area contributed by atoms with Crippen LogP contribution in [0.2, 0.25) is 0 Å². The molecule has 1 atom stereocenters. The molecule has 2 fully saturated rings. The highest BCUT2D eigenvalue weighted by Gasteiger charge is 2.55. The van der Waals surface area contributed by atoms with Crippen LogP contribution in [0.4, 0.5) is 4.79 Å². The average Bonchev–Trinajstić information content (AvgIpc) is 2.95. The molecule has 1 saturated heterocycles. The maximum atomic E-state index is 12.1. The van der Waals surface area contributed by atoms with Gasteiger partial charge in [-0.3, -0.25) is 4.79 Å². The minimum Gasteiger partial charge on any atom is -0.481 e. The van der Waals surface area contributed by atoms with Crippen molar-refractivity contribution in [3.63, 3.8) is 0 Å². The summed E-state index contributed by atoms with van der Waals surface area (Å²) in [7, 11) is 0. The number of nitrogens with zero attached hydrogens (tertiary/aromatic N) is 1. The number of hydrogen-bond donors (Lipinski definition) is 1. The molecule has 18 heavy (non-hydrogen) atoms. The van der Waals surface area contributed by atoms with Crippen LogP contribution in [0.3, 0.4) is 0 Å². The van der Waals surface area contributed by atoms with E-state index in [1.165, 1.54) is 0 Å². The quantitative estimate of drug-likeness (QED) is 0.780. The van der Waals surface area contributed by atoms with Crippen molar-refractivity contribution in [2.24, 2.45) is 5.92 Å². The highest BCUT2D eigenvalue weighted by Crippen LogP contribution is 2.50. The van der Waals surface area contributed by atoms with E-state index in [1.54, 1.807) is 4.90 Å². The Morgan fingerprint density at radius 1 is 1.33 bits per heavy atom. The normalized spacial score (nSPS) is 25.9. The Hall–Kier alpha value is -1.26. The second-order valence-electron chi connectivity index (χ2n) is 6.38. The molecule has 0 aromatic rings. The first-order valence-corrected chi connectivity index (χ1v) is 6.47. The molecule has 1 heterocycles. The van der Waals surface area contributed by atoms with Gasteiger partial charge in [0.05, 0.1) is 5.92 Å². The van der Waals surface area contributed by atoms with Gasteiger partial charge in [-0.15, -0.1) is 0 Å². The number of carbonyl (C=O) groups is 2. The van der Waals surface area contributed by atoms with Gasteiger partial charge < -0.3 is 14.7 Å². The van der Waals surface area contributed by atoms with Crippen LogP contribution in [-0.2, 0) is 9.53 Å². The largest absolute Gasteiger partial charge is 0.481 e. The third-order valence-corrected chi connectivity index (χ3v) is 3.69. The molecule has 0 radical (unpaired) electrons. The average molecular weight is 255 g/mol. The van der Waals surface area contributed by atoms with E-state index in [0.717, 1.165) is 12.8 Å².